The molecular formula is C19H18O2. The largest absolute Gasteiger partial charge is 0.452 e. The van der Waals surface area contributed by atoms with Crippen molar-refractivity contribution in [1.29, 1.82) is 0 Å². The van der Waals surface area contributed by atoms with Gasteiger partial charge in [0.2, 0.25) is 5.78 Å². The second-order valence-corrected chi connectivity index (χ2v) is 5.71. The molecule has 1 aromatic heterocycles. The summed E-state index contributed by atoms with van der Waals surface area (Å²) in [7, 11) is 0. The summed E-state index contributed by atoms with van der Waals surface area (Å²) >= 11 is 0. The van der Waals surface area contributed by atoms with E-state index in [0.29, 0.717) is 5.76 Å². The molecule has 0 bridgehead atoms. The number of hydrogen-bond donors (Lipinski definition) is 0. The van der Waals surface area contributed by atoms with Gasteiger partial charge < -0.3 is 4.42 Å². The first kappa shape index (κ1) is 13.6. The van der Waals surface area contributed by atoms with E-state index in [2.05, 4.69) is 0 Å². The molecule has 0 aliphatic carbocycles. The lowest BCUT2D eigenvalue weighted by Gasteiger charge is -2.08. The first-order valence-electron chi connectivity index (χ1n) is 7.09. The van der Waals surface area contributed by atoms with Gasteiger partial charge in [-0.3, -0.25) is 4.79 Å². The Kier molecular flexibility index (Phi) is 3.17. The third-order valence-corrected chi connectivity index (χ3v) is 3.87. The molecule has 0 aliphatic rings. The molecule has 0 radical (unpaired) electrons. The molecule has 2 nitrogen and oxygen atoms in total. The summed E-state index contributed by atoms with van der Waals surface area (Å²) in [5.41, 5.74) is 5.75. The zero-order chi connectivity index (χ0) is 15.1. The lowest BCUT2D eigenvalue weighted by molar-refractivity contribution is 0.101. The van der Waals surface area contributed by atoms with Crippen LogP contribution in [0.3, 0.4) is 0 Å². The minimum atomic E-state index is -0.0411. The first-order chi connectivity index (χ1) is 9.97. The van der Waals surface area contributed by atoms with E-state index in [1.807, 2.05) is 64.1 Å². The average Bonchev–Trinajstić information content (AvgIpc) is 2.82. The Balaban J connectivity index is 2.15. The van der Waals surface area contributed by atoms with Gasteiger partial charge in [-0.25, -0.2) is 0 Å². The van der Waals surface area contributed by atoms with Crippen LogP contribution in [-0.4, -0.2) is 5.78 Å². The Morgan fingerprint density at radius 2 is 1.57 bits per heavy atom. The number of carbonyl (C=O) groups excluding carboxylic acids is 1. The third kappa shape index (κ3) is 2.27. The Bertz CT molecular complexity index is 830. The van der Waals surface area contributed by atoms with Crippen LogP contribution in [0.15, 0.2) is 40.8 Å². The van der Waals surface area contributed by atoms with Gasteiger partial charge in [0.15, 0.2) is 5.76 Å². The van der Waals surface area contributed by atoms with Crippen molar-refractivity contribution in [3.05, 3.63) is 70.0 Å². The Hall–Kier alpha value is -2.35. The summed E-state index contributed by atoms with van der Waals surface area (Å²) in [6.07, 6.45) is 0. The Morgan fingerprint density at radius 3 is 2.19 bits per heavy atom. The zero-order valence-electron chi connectivity index (χ0n) is 12.8. The van der Waals surface area contributed by atoms with E-state index in [4.69, 9.17) is 4.42 Å². The second-order valence-electron chi connectivity index (χ2n) is 5.71. The van der Waals surface area contributed by atoms with Crippen LogP contribution in [0.2, 0.25) is 0 Å². The van der Waals surface area contributed by atoms with E-state index < -0.39 is 0 Å². The maximum absolute atomic E-state index is 12.8. The molecular weight excluding hydrogens is 260 g/mol. The highest BCUT2D eigenvalue weighted by Gasteiger charge is 2.19. The lowest BCUT2D eigenvalue weighted by Crippen LogP contribution is -2.05. The van der Waals surface area contributed by atoms with E-state index in [-0.39, 0.29) is 5.78 Å². The second kappa shape index (κ2) is 4.88. The summed E-state index contributed by atoms with van der Waals surface area (Å²) in [5.74, 6) is 0.370. The fraction of sp³-hybridized carbons (Fsp3) is 0.211. The molecule has 0 spiro atoms. The fourth-order valence-electron chi connectivity index (χ4n) is 2.98. The number of carbonyl (C=O) groups is 1. The van der Waals surface area contributed by atoms with E-state index in [1.165, 1.54) is 5.56 Å². The molecule has 3 rings (SSSR count). The SMILES string of the molecule is Cc1cc(C)c(C(=O)c2cc3cccc(C)c3o2)c(C)c1. The normalized spacial score (nSPS) is 11.0. The summed E-state index contributed by atoms with van der Waals surface area (Å²) in [5, 5.41) is 0.973. The van der Waals surface area contributed by atoms with Gasteiger partial charge in [-0.1, -0.05) is 35.9 Å². The maximum atomic E-state index is 12.8. The number of aryl methyl sites for hydroxylation is 4. The van der Waals surface area contributed by atoms with E-state index >= 15 is 0 Å². The van der Waals surface area contributed by atoms with E-state index in [0.717, 1.165) is 33.2 Å². The maximum Gasteiger partial charge on any atom is 0.228 e. The fourth-order valence-corrected chi connectivity index (χ4v) is 2.98. The highest BCUT2D eigenvalue weighted by molar-refractivity contribution is 6.10. The number of benzene rings is 2. The van der Waals surface area contributed by atoms with Gasteiger partial charge in [0.25, 0.3) is 0 Å². The zero-order valence-corrected chi connectivity index (χ0v) is 12.8. The van der Waals surface area contributed by atoms with Gasteiger partial charge in [0.1, 0.15) is 5.58 Å². The Morgan fingerprint density at radius 1 is 0.905 bits per heavy atom. The molecule has 0 N–H and O–H groups in total. The summed E-state index contributed by atoms with van der Waals surface area (Å²) in [4.78, 5) is 12.8. The molecule has 1 heterocycles. The molecule has 2 aromatic carbocycles. The van der Waals surface area contributed by atoms with Crippen molar-refractivity contribution < 1.29 is 9.21 Å². The van der Waals surface area contributed by atoms with Crippen LogP contribution in [0.5, 0.6) is 0 Å². The number of hydrogen-bond acceptors (Lipinski definition) is 2. The van der Waals surface area contributed by atoms with Crippen LogP contribution < -0.4 is 0 Å². The van der Waals surface area contributed by atoms with Crippen molar-refractivity contribution in [2.24, 2.45) is 0 Å². The monoisotopic (exact) mass is 278 g/mol. The average molecular weight is 278 g/mol. The number of para-hydroxylation sites is 1. The van der Waals surface area contributed by atoms with E-state index in [1.54, 1.807) is 0 Å². The van der Waals surface area contributed by atoms with Crippen LogP contribution in [0.1, 0.15) is 38.4 Å². The summed E-state index contributed by atoms with van der Waals surface area (Å²) < 4.78 is 5.81. The lowest BCUT2D eigenvalue weighted by atomic mass is 9.95. The highest BCUT2D eigenvalue weighted by atomic mass is 16.3. The summed E-state index contributed by atoms with van der Waals surface area (Å²) in [6.45, 7) is 7.98. The molecule has 0 saturated heterocycles. The summed E-state index contributed by atoms with van der Waals surface area (Å²) in [6, 6.07) is 11.8. The van der Waals surface area contributed by atoms with Crippen molar-refractivity contribution in [3.8, 4) is 0 Å². The number of furan rings is 1. The topological polar surface area (TPSA) is 30.2 Å². The van der Waals surface area contributed by atoms with Gasteiger partial charge in [0.05, 0.1) is 0 Å². The number of fused-ring (bicyclic) bond motifs is 1. The predicted octanol–water partition coefficient (Wildman–Crippen LogP) is 4.90. The molecule has 0 amide bonds. The van der Waals surface area contributed by atoms with Crippen molar-refractivity contribution in [1.82, 2.24) is 0 Å². The first-order valence-corrected chi connectivity index (χ1v) is 7.09. The van der Waals surface area contributed by atoms with Gasteiger partial charge in [-0.05, 0) is 50.5 Å². The third-order valence-electron chi connectivity index (χ3n) is 3.87. The molecule has 0 aliphatic heterocycles. The van der Waals surface area contributed by atoms with Crippen molar-refractivity contribution in [2.45, 2.75) is 27.7 Å². The van der Waals surface area contributed by atoms with Gasteiger partial charge in [-0.2, -0.15) is 0 Å². The van der Waals surface area contributed by atoms with Crippen molar-refractivity contribution in [3.63, 3.8) is 0 Å². The molecule has 0 fully saturated rings. The highest BCUT2D eigenvalue weighted by Crippen LogP contribution is 2.26. The van der Waals surface area contributed by atoms with Gasteiger partial charge >= 0.3 is 0 Å². The van der Waals surface area contributed by atoms with Crippen molar-refractivity contribution >= 4 is 16.8 Å². The molecule has 21 heavy (non-hydrogen) atoms. The standard InChI is InChI=1S/C19H18O2/c1-11-8-13(3)17(14(4)9-11)18(20)16-10-15-7-5-6-12(2)19(15)21-16/h5-10H,1-4H3. The predicted molar refractivity (Wildman–Crippen MR) is 85.0 cm³/mol. The van der Waals surface area contributed by atoms with Crippen LogP contribution >= 0.6 is 0 Å². The van der Waals surface area contributed by atoms with Gasteiger partial charge in [0, 0.05) is 10.9 Å². The van der Waals surface area contributed by atoms with Crippen LogP contribution in [0.25, 0.3) is 11.0 Å². The quantitative estimate of drug-likeness (QED) is 0.624. The minimum Gasteiger partial charge on any atom is -0.452 e. The molecule has 2 heteroatoms. The molecule has 0 atom stereocenters. The molecule has 0 saturated carbocycles. The van der Waals surface area contributed by atoms with Gasteiger partial charge in [-0.15, -0.1) is 0 Å². The number of ketones is 1. The molecule has 3 aromatic rings. The van der Waals surface area contributed by atoms with Crippen LogP contribution in [0.4, 0.5) is 0 Å². The minimum absolute atomic E-state index is 0.0411. The Labute approximate surface area is 124 Å². The molecule has 106 valence electrons. The smallest absolute Gasteiger partial charge is 0.228 e. The van der Waals surface area contributed by atoms with Crippen molar-refractivity contribution in [2.75, 3.05) is 0 Å². The molecule has 0 unspecified atom stereocenters. The van der Waals surface area contributed by atoms with Crippen LogP contribution in [0, 0.1) is 27.7 Å². The number of rotatable bonds is 2. The van der Waals surface area contributed by atoms with Crippen LogP contribution in [-0.2, 0) is 0 Å². The van der Waals surface area contributed by atoms with E-state index in [9.17, 15) is 4.79 Å².